The van der Waals surface area contributed by atoms with Crippen LogP contribution in [0.3, 0.4) is 0 Å². The van der Waals surface area contributed by atoms with E-state index in [2.05, 4.69) is 44.5 Å². The van der Waals surface area contributed by atoms with Gasteiger partial charge in [-0.2, -0.15) is 4.98 Å². The molecule has 6 nitrogen and oxygen atoms in total. The van der Waals surface area contributed by atoms with Gasteiger partial charge in [-0.3, -0.25) is 4.90 Å². The lowest BCUT2D eigenvalue weighted by Crippen LogP contribution is -2.39. The van der Waals surface area contributed by atoms with Crippen molar-refractivity contribution in [2.45, 2.75) is 19.1 Å². The van der Waals surface area contributed by atoms with Gasteiger partial charge in [0, 0.05) is 32.2 Å². The molecule has 3 rings (SSSR count). The molecule has 0 amide bonds. The average Bonchev–Trinajstić information content (AvgIpc) is 2.52. The number of nitrogen functional groups attached to an aromatic ring is 1. The Morgan fingerprint density at radius 1 is 1.30 bits per heavy atom. The quantitative estimate of drug-likeness (QED) is 0.720. The third-order valence-electron chi connectivity index (χ3n) is 3.91. The van der Waals surface area contributed by atoms with Crippen molar-refractivity contribution in [2.24, 2.45) is 0 Å². The Labute approximate surface area is 140 Å². The van der Waals surface area contributed by atoms with Gasteiger partial charge in [-0.1, -0.05) is 35.9 Å². The molecule has 0 saturated carbocycles. The summed E-state index contributed by atoms with van der Waals surface area (Å²) < 4.78 is 0. The summed E-state index contributed by atoms with van der Waals surface area (Å²) in [6, 6.07) is 10.0. The predicted molar refractivity (Wildman–Crippen MR) is 91.4 cm³/mol. The van der Waals surface area contributed by atoms with Crippen LogP contribution in [-0.2, 0) is 13.0 Å². The minimum atomic E-state index is -0.504. The number of hydrogen-bond donors (Lipinski definition) is 3. The van der Waals surface area contributed by atoms with E-state index in [4.69, 9.17) is 17.3 Å². The van der Waals surface area contributed by atoms with Crippen molar-refractivity contribution >= 4 is 23.4 Å². The number of nitrogens with two attached hydrogens (primary N) is 1. The molecule has 4 N–H and O–H groups in total. The average molecular weight is 334 g/mol. The van der Waals surface area contributed by atoms with Gasteiger partial charge >= 0.3 is 0 Å². The first-order valence-corrected chi connectivity index (χ1v) is 7.99. The minimum Gasteiger partial charge on any atom is -0.390 e. The molecule has 0 aliphatic carbocycles. The van der Waals surface area contributed by atoms with E-state index in [1.165, 1.54) is 11.1 Å². The van der Waals surface area contributed by atoms with E-state index in [1.807, 2.05) is 0 Å². The molecule has 2 aromatic rings. The fourth-order valence-corrected chi connectivity index (χ4v) is 3.01. The summed E-state index contributed by atoms with van der Waals surface area (Å²) in [5.74, 6) is 0.632. The van der Waals surface area contributed by atoms with Gasteiger partial charge in [0.05, 0.1) is 6.10 Å². The van der Waals surface area contributed by atoms with Crippen LogP contribution in [0, 0.1) is 0 Å². The zero-order valence-corrected chi connectivity index (χ0v) is 13.5. The summed E-state index contributed by atoms with van der Waals surface area (Å²) in [5, 5.41) is 13.6. The van der Waals surface area contributed by atoms with Crippen LogP contribution < -0.4 is 11.1 Å². The maximum atomic E-state index is 10.2. The zero-order valence-electron chi connectivity index (χ0n) is 12.7. The number of β-amino-alcohol motifs (C(OH)–C–C–N with tert-alkyl or cyclic N) is 1. The molecule has 2 heterocycles. The summed E-state index contributed by atoms with van der Waals surface area (Å²) in [4.78, 5) is 10.1. The Kier molecular flexibility index (Phi) is 4.95. The van der Waals surface area contributed by atoms with Crippen LogP contribution in [0.4, 0.5) is 11.8 Å². The molecule has 122 valence electrons. The van der Waals surface area contributed by atoms with Gasteiger partial charge in [0.1, 0.15) is 11.0 Å². The number of nitrogens with zero attached hydrogens (tertiary/aromatic N) is 3. The Hall–Kier alpha value is -1.89. The van der Waals surface area contributed by atoms with E-state index < -0.39 is 6.10 Å². The number of halogens is 1. The fourth-order valence-electron chi connectivity index (χ4n) is 2.82. The van der Waals surface area contributed by atoms with Crippen molar-refractivity contribution in [1.82, 2.24) is 14.9 Å². The predicted octanol–water partition coefficient (Wildman–Crippen LogP) is 1.54. The fraction of sp³-hybridized carbons (Fsp3) is 0.375. The molecule has 0 unspecified atom stereocenters. The maximum absolute atomic E-state index is 10.2. The van der Waals surface area contributed by atoms with Gasteiger partial charge in [-0.25, -0.2) is 4.98 Å². The number of anilines is 2. The lowest BCUT2D eigenvalue weighted by atomic mass is 10.00. The van der Waals surface area contributed by atoms with Gasteiger partial charge in [-0.05, 0) is 17.5 Å². The number of aliphatic hydroxyl groups excluding tert-OH is 1. The van der Waals surface area contributed by atoms with Gasteiger partial charge in [0.15, 0.2) is 0 Å². The molecule has 0 radical (unpaired) electrons. The van der Waals surface area contributed by atoms with E-state index in [1.54, 1.807) is 6.07 Å². The van der Waals surface area contributed by atoms with E-state index in [9.17, 15) is 5.11 Å². The first-order valence-electron chi connectivity index (χ1n) is 7.61. The van der Waals surface area contributed by atoms with Crippen LogP contribution in [-0.4, -0.2) is 45.7 Å². The summed E-state index contributed by atoms with van der Waals surface area (Å²) in [6.45, 7) is 2.82. The lowest BCUT2D eigenvalue weighted by molar-refractivity contribution is 0.114. The second-order valence-corrected chi connectivity index (χ2v) is 6.11. The van der Waals surface area contributed by atoms with E-state index in [0.29, 0.717) is 18.9 Å². The molecule has 1 aromatic carbocycles. The summed E-state index contributed by atoms with van der Waals surface area (Å²) >= 11 is 5.83. The van der Waals surface area contributed by atoms with Crippen LogP contribution >= 0.6 is 11.6 Å². The molecule has 23 heavy (non-hydrogen) atoms. The Balaban J connectivity index is 1.51. The molecule has 0 saturated heterocycles. The normalized spacial score (nSPS) is 15.9. The number of nitrogens with one attached hydrogen (secondary N) is 1. The Bertz CT molecular complexity index is 661. The molecule has 1 aromatic heterocycles. The standard InChI is InChI=1S/C16H20ClN5O/c17-14-7-15(21-16(18)20-14)19-8-13(23)10-22-6-5-11-3-1-2-4-12(11)9-22/h1-4,7,13,23H,5-6,8-10H2,(H3,18,19,20,21)/t13-/m0/s1. The second-order valence-electron chi connectivity index (χ2n) is 5.72. The molecule has 0 fully saturated rings. The zero-order chi connectivity index (χ0) is 16.2. The number of aliphatic hydroxyl groups is 1. The Morgan fingerprint density at radius 3 is 2.87 bits per heavy atom. The molecule has 1 aliphatic rings. The number of fused-ring (bicyclic) bond motifs is 1. The SMILES string of the molecule is Nc1nc(Cl)cc(NC[C@H](O)CN2CCc3ccccc3C2)n1. The number of benzene rings is 1. The van der Waals surface area contributed by atoms with E-state index >= 15 is 0 Å². The molecule has 0 bridgehead atoms. The molecule has 1 aliphatic heterocycles. The molecule has 1 atom stereocenters. The minimum absolute atomic E-state index is 0.113. The highest BCUT2D eigenvalue weighted by Gasteiger charge is 2.18. The van der Waals surface area contributed by atoms with E-state index in [-0.39, 0.29) is 11.1 Å². The van der Waals surface area contributed by atoms with Crippen LogP contribution in [0.1, 0.15) is 11.1 Å². The summed E-state index contributed by atoms with van der Waals surface area (Å²) in [6.07, 6.45) is 0.518. The maximum Gasteiger partial charge on any atom is 0.223 e. The molecular formula is C16H20ClN5O. The number of aromatic nitrogens is 2. The third kappa shape index (κ3) is 4.31. The van der Waals surface area contributed by atoms with Crippen LogP contribution in [0.25, 0.3) is 0 Å². The first kappa shape index (κ1) is 16.0. The third-order valence-corrected chi connectivity index (χ3v) is 4.10. The monoisotopic (exact) mass is 333 g/mol. The van der Waals surface area contributed by atoms with Gasteiger partial charge < -0.3 is 16.2 Å². The summed E-state index contributed by atoms with van der Waals surface area (Å²) in [7, 11) is 0. The first-order chi connectivity index (χ1) is 11.1. The van der Waals surface area contributed by atoms with Crippen molar-refractivity contribution in [1.29, 1.82) is 0 Å². The van der Waals surface area contributed by atoms with Crippen LogP contribution in [0.5, 0.6) is 0 Å². The van der Waals surface area contributed by atoms with Gasteiger partial charge in [0.25, 0.3) is 0 Å². The van der Waals surface area contributed by atoms with Crippen molar-refractivity contribution in [3.8, 4) is 0 Å². The number of hydrogen-bond acceptors (Lipinski definition) is 6. The second kappa shape index (κ2) is 7.12. The smallest absolute Gasteiger partial charge is 0.223 e. The van der Waals surface area contributed by atoms with Gasteiger partial charge in [-0.15, -0.1) is 0 Å². The highest BCUT2D eigenvalue weighted by Crippen LogP contribution is 2.18. The molecule has 0 spiro atoms. The highest BCUT2D eigenvalue weighted by atomic mass is 35.5. The van der Waals surface area contributed by atoms with Crippen LogP contribution in [0.15, 0.2) is 30.3 Å². The largest absolute Gasteiger partial charge is 0.390 e. The summed E-state index contributed by atoms with van der Waals surface area (Å²) in [5.41, 5.74) is 8.29. The topological polar surface area (TPSA) is 87.3 Å². The van der Waals surface area contributed by atoms with Crippen molar-refractivity contribution < 1.29 is 5.11 Å². The highest BCUT2D eigenvalue weighted by molar-refractivity contribution is 6.29. The van der Waals surface area contributed by atoms with Gasteiger partial charge in [0.2, 0.25) is 5.95 Å². The van der Waals surface area contributed by atoms with Crippen molar-refractivity contribution in [3.63, 3.8) is 0 Å². The molecular weight excluding hydrogens is 314 g/mol. The molecule has 7 heteroatoms. The Morgan fingerprint density at radius 2 is 2.09 bits per heavy atom. The van der Waals surface area contributed by atoms with Crippen LogP contribution in [0.2, 0.25) is 5.15 Å². The lowest BCUT2D eigenvalue weighted by Gasteiger charge is -2.30. The van der Waals surface area contributed by atoms with E-state index in [0.717, 1.165) is 19.5 Å². The number of rotatable bonds is 5. The van der Waals surface area contributed by atoms with Crippen molar-refractivity contribution in [2.75, 3.05) is 30.7 Å². The van der Waals surface area contributed by atoms with Crippen molar-refractivity contribution in [3.05, 3.63) is 46.6 Å².